The smallest absolute Gasteiger partial charge is 0.146 e. The van der Waals surface area contributed by atoms with Crippen molar-refractivity contribution in [3.63, 3.8) is 0 Å². The minimum atomic E-state index is -0.226. The third kappa shape index (κ3) is 3.48. The van der Waals surface area contributed by atoms with Gasteiger partial charge in [0.25, 0.3) is 0 Å². The van der Waals surface area contributed by atoms with Gasteiger partial charge in [-0.2, -0.15) is 0 Å². The first-order valence-electron chi connectivity index (χ1n) is 6.28. The molecule has 2 nitrogen and oxygen atoms in total. The van der Waals surface area contributed by atoms with Crippen LogP contribution >= 0.6 is 0 Å². The highest BCUT2D eigenvalue weighted by molar-refractivity contribution is 5.56. The van der Waals surface area contributed by atoms with Gasteiger partial charge in [-0.3, -0.25) is 0 Å². The second-order valence-electron chi connectivity index (χ2n) is 4.41. The number of hydrogen-bond acceptors (Lipinski definition) is 2. The first-order chi connectivity index (χ1) is 8.61. The molecular weight excluding hydrogens is 227 g/mol. The zero-order chi connectivity index (χ0) is 13.5. The molecule has 0 aromatic heterocycles. The van der Waals surface area contributed by atoms with E-state index in [4.69, 9.17) is 6.42 Å². The number of nitrogens with zero attached hydrogens (tertiary/aromatic N) is 1. The Kier molecular flexibility index (Phi) is 5.67. The number of para-hydroxylation sites is 1. The van der Waals surface area contributed by atoms with Gasteiger partial charge < -0.3 is 10.2 Å². The predicted octanol–water partition coefficient (Wildman–Crippen LogP) is 2.96. The van der Waals surface area contributed by atoms with E-state index in [1.807, 2.05) is 20.0 Å². The summed E-state index contributed by atoms with van der Waals surface area (Å²) in [5.74, 6) is 2.31. The van der Waals surface area contributed by atoms with E-state index >= 15 is 0 Å². The fourth-order valence-electron chi connectivity index (χ4n) is 1.97. The van der Waals surface area contributed by atoms with Gasteiger partial charge in [0.2, 0.25) is 0 Å². The van der Waals surface area contributed by atoms with E-state index in [0.717, 1.165) is 18.5 Å². The van der Waals surface area contributed by atoms with Crippen molar-refractivity contribution >= 4 is 5.69 Å². The van der Waals surface area contributed by atoms with Gasteiger partial charge >= 0.3 is 0 Å². The average molecular weight is 248 g/mol. The number of benzene rings is 1. The molecule has 0 saturated heterocycles. The quantitative estimate of drug-likeness (QED) is 0.779. The minimum absolute atomic E-state index is 0.107. The van der Waals surface area contributed by atoms with Crippen molar-refractivity contribution in [2.45, 2.75) is 26.3 Å². The molecule has 0 aliphatic heterocycles. The molecule has 0 aliphatic carbocycles. The van der Waals surface area contributed by atoms with Crippen LogP contribution in [0.5, 0.6) is 0 Å². The predicted molar refractivity (Wildman–Crippen MR) is 75.2 cm³/mol. The van der Waals surface area contributed by atoms with Crippen molar-refractivity contribution in [2.75, 3.05) is 25.0 Å². The summed E-state index contributed by atoms with van der Waals surface area (Å²) >= 11 is 0. The molecule has 98 valence electrons. The van der Waals surface area contributed by atoms with Crippen molar-refractivity contribution in [1.29, 1.82) is 0 Å². The molecule has 0 heterocycles. The van der Waals surface area contributed by atoms with Gasteiger partial charge in [0, 0.05) is 13.1 Å². The fraction of sp³-hybridized carbons (Fsp3) is 0.467. The number of terminal acetylenes is 1. The Morgan fingerprint density at radius 1 is 1.50 bits per heavy atom. The van der Waals surface area contributed by atoms with Crippen LogP contribution in [0.4, 0.5) is 10.1 Å². The molecule has 0 amide bonds. The highest BCUT2D eigenvalue weighted by atomic mass is 19.1. The Hall–Kier alpha value is -1.53. The lowest BCUT2D eigenvalue weighted by Gasteiger charge is -2.24. The Balaban J connectivity index is 3.03. The second kappa shape index (κ2) is 7.03. The summed E-state index contributed by atoms with van der Waals surface area (Å²) in [6.45, 7) is 5.46. The first kappa shape index (κ1) is 14.5. The topological polar surface area (TPSA) is 15.3 Å². The summed E-state index contributed by atoms with van der Waals surface area (Å²) in [5, 5.41) is 3.37. The summed E-state index contributed by atoms with van der Waals surface area (Å²) < 4.78 is 14.0. The fourth-order valence-corrected chi connectivity index (χ4v) is 1.97. The zero-order valence-corrected chi connectivity index (χ0v) is 11.3. The lowest BCUT2D eigenvalue weighted by atomic mass is 10.0. The molecule has 0 bridgehead atoms. The van der Waals surface area contributed by atoms with Gasteiger partial charge in [0.15, 0.2) is 0 Å². The lowest BCUT2D eigenvalue weighted by Crippen LogP contribution is -2.25. The molecule has 1 unspecified atom stereocenters. The Morgan fingerprint density at radius 3 is 2.83 bits per heavy atom. The van der Waals surface area contributed by atoms with E-state index in [-0.39, 0.29) is 11.9 Å². The summed E-state index contributed by atoms with van der Waals surface area (Å²) in [4.78, 5) is 1.77. The van der Waals surface area contributed by atoms with Gasteiger partial charge in [-0.1, -0.05) is 25.0 Å². The first-order valence-corrected chi connectivity index (χ1v) is 6.28. The molecule has 18 heavy (non-hydrogen) atoms. The van der Waals surface area contributed by atoms with Gasteiger partial charge in [0.05, 0.1) is 12.2 Å². The molecule has 0 radical (unpaired) electrons. The van der Waals surface area contributed by atoms with Crippen LogP contribution in [-0.2, 0) is 0 Å². The van der Waals surface area contributed by atoms with Crippen molar-refractivity contribution in [3.8, 4) is 12.3 Å². The average Bonchev–Trinajstić information content (AvgIpc) is 2.35. The molecule has 1 aromatic carbocycles. The Labute approximate surface area is 109 Å². The van der Waals surface area contributed by atoms with Crippen molar-refractivity contribution < 1.29 is 4.39 Å². The van der Waals surface area contributed by atoms with Crippen LogP contribution < -0.4 is 10.2 Å². The highest BCUT2D eigenvalue weighted by Crippen LogP contribution is 2.28. The van der Waals surface area contributed by atoms with E-state index in [0.29, 0.717) is 12.2 Å². The van der Waals surface area contributed by atoms with E-state index in [1.54, 1.807) is 11.0 Å². The van der Waals surface area contributed by atoms with Crippen molar-refractivity contribution in [1.82, 2.24) is 5.32 Å². The molecule has 0 spiro atoms. The second-order valence-corrected chi connectivity index (χ2v) is 4.41. The number of halogens is 1. The molecule has 0 saturated carbocycles. The SMILES string of the molecule is C#CCN(C)c1c(F)cccc1C(C)NCCC. The van der Waals surface area contributed by atoms with Crippen LogP contribution in [0, 0.1) is 18.2 Å². The molecule has 0 fully saturated rings. The number of nitrogens with one attached hydrogen (secondary N) is 1. The molecule has 1 aromatic rings. The number of rotatable bonds is 6. The van der Waals surface area contributed by atoms with Crippen LogP contribution in [-0.4, -0.2) is 20.1 Å². The van der Waals surface area contributed by atoms with E-state index in [9.17, 15) is 4.39 Å². The van der Waals surface area contributed by atoms with Crippen LogP contribution in [0.1, 0.15) is 31.9 Å². The molecule has 1 N–H and O–H groups in total. The van der Waals surface area contributed by atoms with Crippen LogP contribution in [0.25, 0.3) is 0 Å². The van der Waals surface area contributed by atoms with Gasteiger partial charge in [-0.05, 0) is 31.5 Å². The third-order valence-electron chi connectivity index (χ3n) is 2.90. The van der Waals surface area contributed by atoms with Gasteiger partial charge in [-0.25, -0.2) is 4.39 Å². The maximum atomic E-state index is 14.0. The summed E-state index contributed by atoms with van der Waals surface area (Å²) in [6, 6.07) is 5.26. The van der Waals surface area contributed by atoms with Crippen LogP contribution in [0.2, 0.25) is 0 Å². The van der Waals surface area contributed by atoms with Gasteiger partial charge in [-0.15, -0.1) is 6.42 Å². The van der Waals surface area contributed by atoms with Crippen LogP contribution in [0.3, 0.4) is 0 Å². The summed E-state index contributed by atoms with van der Waals surface area (Å²) in [7, 11) is 1.81. The molecule has 3 heteroatoms. The monoisotopic (exact) mass is 248 g/mol. The molecule has 1 atom stereocenters. The Bertz CT molecular complexity index is 423. The lowest BCUT2D eigenvalue weighted by molar-refractivity contribution is 0.561. The summed E-state index contributed by atoms with van der Waals surface area (Å²) in [5.41, 5.74) is 1.53. The maximum absolute atomic E-state index is 14.0. The molecule has 1 rings (SSSR count). The van der Waals surface area contributed by atoms with E-state index in [2.05, 4.69) is 18.2 Å². The van der Waals surface area contributed by atoms with E-state index in [1.165, 1.54) is 6.07 Å². The Morgan fingerprint density at radius 2 is 2.22 bits per heavy atom. The normalized spacial score (nSPS) is 11.9. The van der Waals surface area contributed by atoms with Crippen molar-refractivity contribution in [2.24, 2.45) is 0 Å². The zero-order valence-electron chi connectivity index (χ0n) is 11.3. The van der Waals surface area contributed by atoms with E-state index < -0.39 is 0 Å². The summed E-state index contributed by atoms with van der Waals surface area (Å²) in [6.07, 6.45) is 6.34. The molecule has 0 aliphatic rings. The number of hydrogen-bond donors (Lipinski definition) is 1. The van der Waals surface area contributed by atoms with Crippen LogP contribution in [0.15, 0.2) is 18.2 Å². The largest absolute Gasteiger partial charge is 0.361 e. The molecular formula is C15H21FN2. The standard InChI is InChI=1S/C15H21FN2/c1-5-10-17-12(3)13-8-7-9-14(16)15(13)18(4)11-6-2/h2,7-9,12,17H,5,10-11H2,1,3-4H3. The maximum Gasteiger partial charge on any atom is 0.146 e. The highest BCUT2D eigenvalue weighted by Gasteiger charge is 2.16. The number of anilines is 1. The van der Waals surface area contributed by atoms with Crippen molar-refractivity contribution in [3.05, 3.63) is 29.6 Å². The van der Waals surface area contributed by atoms with Gasteiger partial charge in [0.1, 0.15) is 5.82 Å². The third-order valence-corrected chi connectivity index (χ3v) is 2.90. The minimum Gasteiger partial charge on any atom is -0.361 e.